The Balaban J connectivity index is 1.58. The number of hydrogen-bond acceptors (Lipinski definition) is 12. The van der Waals surface area contributed by atoms with E-state index in [0.29, 0.717) is 26.4 Å². The van der Waals surface area contributed by atoms with Gasteiger partial charge in [0.25, 0.3) is 0 Å². The van der Waals surface area contributed by atoms with Crippen LogP contribution in [0.15, 0.2) is 12.1 Å². The van der Waals surface area contributed by atoms with Gasteiger partial charge in [0.15, 0.2) is 34.7 Å². The van der Waals surface area contributed by atoms with Crippen molar-refractivity contribution in [1.29, 1.82) is 0 Å². The molecule has 0 atom stereocenters. The third-order valence-corrected chi connectivity index (χ3v) is 6.01. The average molecular weight is 535 g/mol. The molecule has 0 aromatic heterocycles. The maximum atomic E-state index is 12.9. The zero-order valence-corrected chi connectivity index (χ0v) is 21.3. The van der Waals surface area contributed by atoms with Crippen LogP contribution >= 0.6 is 0 Å². The highest BCUT2D eigenvalue weighted by Gasteiger charge is 2.48. The minimum absolute atomic E-state index is 0.0782. The topological polar surface area (TPSA) is 158 Å². The highest BCUT2D eigenvalue weighted by Crippen LogP contribution is 2.35. The third-order valence-electron chi connectivity index (χ3n) is 6.01. The molecule has 0 bridgehead atoms. The fourth-order valence-electron chi connectivity index (χ4n) is 4.10. The van der Waals surface area contributed by atoms with E-state index < -0.39 is 59.7 Å². The van der Waals surface area contributed by atoms with Gasteiger partial charge in [-0.2, -0.15) is 0 Å². The van der Waals surface area contributed by atoms with E-state index in [2.05, 4.69) is 0 Å². The monoisotopic (exact) mass is 534 g/mol. The smallest absolute Gasteiger partial charge is 0.182 e. The molecule has 2 aliphatic carbocycles. The molecule has 0 aliphatic heterocycles. The molecule has 0 fully saturated rings. The van der Waals surface area contributed by atoms with E-state index in [9.17, 15) is 28.8 Å². The SMILES string of the molecule is COCCOCCOCC(=O)C1C(=O)c2cc3c(cc2C1=O)C(=O)C(C(=O)COCCOCCOC)C3=O. The van der Waals surface area contributed by atoms with Gasteiger partial charge in [0, 0.05) is 36.5 Å². The van der Waals surface area contributed by atoms with Crippen LogP contribution in [-0.4, -0.2) is 115 Å². The zero-order chi connectivity index (χ0) is 27.7. The Labute approximate surface area is 218 Å². The van der Waals surface area contributed by atoms with Crippen molar-refractivity contribution in [3.63, 3.8) is 0 Å². The Bertz CT molecular complexity index is 956. The molecule has 3 rings (SSSR count). The van der Waals surface area contributed by atoms with E-state index in [0.717, 1.165) is 12.1 Å². The van der Waals surface area contributed by atoms with Crippen LogP contribution in [0.25, 0.3) is 0 Å². The maximum Gasteiger partial charge on any atom is 0.182 e. The number of rotatable bonds is 18. The predicted octanol–water partition coefficient (Wildman–Crippen LogP) is 0.174. The summed E-state index contributed by atoms with van der Waals surface area (Å²) in [5.74, 6) is -7.78. The molecule has 206 valence electrons. The van der Waals surface area contributed by atoms with E-state index in [4.69, 9.17) is 28.4 Å². The van der Waals surface area contributed by atoms with Gasteiger partial charge in [-0.3, -0.25) is 28.8 Å². The van der Waals surface area contributed by atoms with Crippen molar-refractivity contribution in [3.05, 3.63) is 34.4 Å². The van der Waals surface area contributed by atoms with Crippen LogP contribution < -0.4 is 0 Å². The van der Waals surface area contributed by atoms with Crippen molar-refractivity contribution in [1.82, 2.24) is 0 Å². The summed E-state index contributed by atoms with van der Waals surface area (Å²) in [6.45, 7) is 1.13. The highest BCUT2D eigenvalue weighted by molar-refractivity contribution is 6.40. The first kappa shape index (κ1) is 29.6. The molecule has 0 N–H and O–H groups in total. The van der Waals surface area contributed by atoms with E-state index in [1.54, 1.807) is 0 Å². The van der Waals surface area contributed by atoms with Gasteiger partial charge in [-0.15, -0.1) is 0 Å². The van der Waals surface area contributed by atoms with Crippen LogP contribution in [0.1, 0.15) is 41.4 Å². The molecular formula is C26H30O12. The average Bonchev–Trinajstić information content (AvgIpc) is 3.30. The summed E-state index contributed by atoms with van der Waals surface area (Å²) in [7, 11) is 3.06. The molecule has 1 aromatic rings. The fraction of sp³-hybridized carbons (Fsp3) is 0.538. The minimum Gasteiger partial charge on any atom is -0.382 e. The van der Waals surface area contributed by atoms with Crippen LogP contribution in [-0.2, 0) is 38.0 Å². The van der Waals surface area contributed by atoms with Crippen molar-refractivity contribution in [2.24, 2.45) is 11.8 Å². The number of hydrogen-bond donors (Lipinski definition) is 0. The van der Waals surface area contributed by atoms with E-state index >= 15 is 0 Å². The van der Waals surface area contributed by atoms with Gasteiger partial charge in [0.1, 0.15) is 25.0 Å². The summed E-state index contributed by atoms with van der Waals surface area (Å²) >= 11 is 0. The van der Waals surface area contributed by atoms with Gasteiger partial charge in [-0.05, 0) is 12.1 Å². The van der Waals surface area contributed by atoms with E-state index in [1.165, 1.54) is 14.2 Å². The Morgan fingerprint density at radius 2 is 0.816 bits per heavy atom. The molecule has 0 unspecified atom stereocenters. The number of methoxy groups -OCH3 is 2. The van der Waals surface area contributed by atoms with Gasteiger partial charge < -0.3 is 28.4 Å². The molecule has 0 amide bonds. The molecule has 0 saturated heterocycles. The van der Waals surface area contributed by atoms with Crippen molar-refractivity contribution in [2.75, 3.05) is 80.3 Å². The molecular weight excluding hydrogens is 504 g/mol. The van der Waals surface area contributed by atoms with E-state index in [-0.39, 0.29) is 48.7 Å². The molecule has 0 radical (unpaired) electrons. The third kappa shape index (κ3) is 6.70. The predicted molar refractivity (Wildman–Crippen MR) is 128 cm³/mol. The number of Topliss-reactive ketones (excluding diaryl/α,β-unsaturated/α-hetero) is 6. The van der Waals surface area contributed by atoms with Crippen molar-refractivity contribution in [3.8, 4) is 0 Å². The van der Waals surface area contributed by atoms with Crippen LogP contribution in [0.4, 0.5) is 0 Å². The molecule has 12 heteroatoms. The fourth-order valence-corrected chi connectivity index (χ4v) is 4.10. The summed E-state index contributed by atoms with van der Waals surface area (Å²) in [6, 6.07) is 2.25. The second-order valence-corrected chi connectivity index (χ2v) is 8.51. The number of fused-ring (bicyclic) bond motifs is 2. The molecule has 1 aromatic carbocycles. The number of carbonyl (C=O) groups excluding carboxylic acids is 6. The van der Waals surface area contributed by atoms with Gasteiger partial charge in [-0.25, -0.2) is 0 Å². The van der Waals surface area contributed by atoms with Gasteiger partial charge in [-0.1, -0.05) is 0 Å². The lowest BCUT2D eigenvalue weighted by molar-refractivity contribution is -0.126. The molecule has 2 aliphatic rings. The minimum atomic E-state index is -1.61. The summed E-state index contributed by atoms with van der Waals surface area (Å²) in [5.41, 5.74) is -0.523. The lowest BCUT2D eigenvalue weighted by Gasteiger charge is -2.08. The van der Waals surface area contributed by atoms with Gasteiger partial charge in [0.05, 0.1) is 52.9 Å². The summed E-state index contributed by atoms with van der Waals surface area (Å²) in [5, 5.41) is 0. The second kappa shape index (κ2) is 14.2. The highest BCUT2D eigenvalue weighted by atomic mass is 16.5. The first-order valence-corrected chi connectivity index (χ1v) is 12.0. The van der Waals surface area contributed by atoms with E-state index in [1.807, 2.05) is 0 Å². The Morgan fingerprint density at radius 1 is 0.526 bits per heavy atom. The Kier molecular flexibility index (Phi) is 11.1. The summed E-state index contributed by atoms with van der Waals surface area (Å²) < 4.78 is 30.5. The van der Waals surface area contributed by atoms with Crippen molar-refractivity contribution >= 4 is 34.7 Å². The molecule has 38 heavy (non-hydrogen) atoms. The Morgan fingerprint density at radius 3 is 1.13 bits per heavy atom. The van der Waals surface area contributed by atoms with Crippen LogP contribution in [0.2, 0.25) is 0 Å². The van der Waals surface area contributed by atoms with Crippen LogP contribution in [0.3, 0.4) is 0 Å². The summed E-state index contributed by atoms with van der Waals surface area (Å²) in [4.78, 5) is 76.7. The zero-order valence-electron chi connectivity index (χ0n) is 21.3. The standard InChI is InChI=1S/C26H30O12/c1-33-3-5-35-7-9-37-13-19(27)21-23(29)15-11-17-18(12-16(15)24(21)30)26(32)22(25(17)31)20(28)14-38-10-8-36-6-4-34-2/h11-12,21-22H,3-10,13-14H2,1-2H3. The van der Waals surface area contributed by atoms with Crippen molar-refractivity contribution < 1.29 is 57.2 Å². The van der Waals surface area contributed by atoms with Gasteiger partial charge in [0.2, 0.25) is 0 Å². The first-order chi connectivity index (χ1) is 18.3. The quantitative estimate of drug-likeness (QED) is 0.186. The molecule has 0 saturated carbocycles. The number of carbonyl (C=O) groups is 6. The number of ether oxygens (including phenoxy) is 6. The maximum absolute atomic E-state index is 12.9. The Hall–Kier alpha value is -3.00. The second-order valence-electron chi connectivity index (χ2n) is 8.51. The molecule has 0 heterocycles. The number of ketones is 6. The van der Waals surface area contributed by atoms with Crippen LogP contribution in [0.5, 0.6) is 0 Å². The lowest BCUT2D eigenvalue weighted by atomic mass is 9.97. The van der Waals surface area contributed by atoms with Crippen molar-refractivity contribution in [2.45, 2.75) is 0 Å². The molecule has 0 spiro atoms. The normalized spacial score (nSPS) is 15.4. The van der Waals surface area contributed by atoms with Crippen LogP contribution in [0, 0.1) is 11.8 Å². The molecule has 12 nitrogen and oxygen atoms in total. The van der Waals surface area contributed by atoms with Gasteiger partial charge >= 0.3 is 0 Å². The number of benzene rings is 1. The largest absolute Gasteiger partial charge is 0.382 e. The first-order valence-electron chi connectivity index (χ1n) is 12.0. The summed E-state index contributed by atoms with van der Waals surface area (Å²) in [6.07, 6.45) is 0. The lowest BCUT2D eigenvalue weighted by Crippen LogP contribution is -2.30.